The summed E-state index contributed by atoms with van der Waals surface area (Å²) in [5.74, 6) is -1.44. The van der Waals surface area contributed by atoms with Crippen molar-refractivity contribution in [2.45, 2.75) is 0 Å². The van der Waals surface area contributed by atoms with Crippen LogP contribution >= 0.6 is 0 Å². The van der Waals surface area contributed by atoms with Crippen LogP contribution < -0.4 is 11.2 Å². The maximum absolute atomic E-state index is 11.6. The highest BCUT2D eigenvalue weighted by Gasteiger charge is 2.22. The third-order valence-corrected chi connectivity index (χ3v) is 2.28. The van der Waals surface area contributed by atoms with Crippen LogP contribution in [0.4, 0.5) is 11.4 Å². The predicted octanol–water partition coefficient (Wildman–Crippen LogP) is 0.609. The molecule has 10 heteroatoms. The highest BCUT2D eigenvalue weighted by Crippen LogP contribution is 2.28. The summed E-state index contributed by atoms with van der Waals surface area (Å²) < 4.78 is 4.51. The van der Waals surface area contributed by atoms with Gasteiger partial charge in [-0.3, -0.25) is 20.9 Å². The van der Waals surface area contributed by atoms with E-state index in [-0.39, 0.29) is 11.3 Å². The van der Waals surface area contributed by atoms with Crippen LogP contribution in [0, 0.1) is 26.9 Å². The summed E-state index contributed by atoms with van der Waals surface area (Å²) in [6, 6.07) is 5.27. The van der Waals surface area contributed by atoms with E-state index in [1.165, 1.54) is 18.2 Å². The highest BCUT2D eigenvalue weighted by atomic mass is 16.6. The number of nitro groups is 1. The number of hydrazone groups is 1. The van der Waals surface area contributed by atoms with Crippen LogP contribution in [0.1, 0.15) is 10.4 Å². The summed E-state index contributed by atoms with van der Waals surface area (Å²) in [6.07, 6.45) is 0. The molecule has 10 nitrogen and oxygen atoms in total. The Morgan fingerprint density at radius 1 is 1.62 bits per heavy atom. The van der Waals surface area contributed by atoms with Crippen molar-refractivity contribution in [2.75, 3.05) is 12.5 Å². The van der Waals surface area contributed by atoms with Gasteiger partial charge in [-0.25, -0.2) is 4.79 Å². The van der Waals surface area contributed by atoms with E-state index in [1.807, 2.05) is 0 Å². The molecule has 0 bridgehead atoms. The van der Waals surface area contributed by atoms with Crippen molar-refractivity contribution in [3.8, 4) is 6.07 Å². The average Bonchev–Trinajstić information content (AvgIpc) is 2.46. The Morgan fingerprint density at radius 3 is 2.76 bits per heavy atom. The number of amidine groups is 1. The first-order valence-corrected chi connectivity index (χ1v) is 5.36. The molecule has 0 amide bonds. The quantitative estimate of drug-likeness (QED) is 0.234. The number of hydrogen-bond donors (Lipinski definition) is 3. The Kier molecular flexibility index (Phi) is 4.91. The van der Waals surface area contributed by atoms with Crippen LogP contribution in [0.25, 0.3) is 0 Å². The van der Waals surface area contributed by atoms with Crippen molar-refractivity contribution in [3.63, 3.8) is 0 Å². The van der Waals surface area contributed by atoms with Gasteiger partial charge >= 0.3 is 5.97 Å². The number of methoxy groups -OCH3 is 1. The summed E-state index contributed by atoms with van der Waals surface area (Å²) >= 11 is 0. The molecule has 0 saturated carbocycles. The molecule has 0 radical (unpaired) electrons. The maximum atomic E-state index is 11.6. The third kappa shape index (κ3) is 3.51. The molecule has 1 aromatic carbocycles. The maximum Gasteiger partial charge on any atom is 0.340 e. The number of benzene rings is 1. The molecule has 0 fully saturated rings. The van der Waals surface area contributed by atoms with Gasteiger partial charge in [-0.15, -0.1) is 0 Å². The second-order valence-corrected chi connectivity index (χ2v) is 3.55. The van der Waals surface area contributed by atoms with Crippen molar-refractivity contribution in [1.29, 1.82) is 10.7 Å². The van der Waals surface area contributed by atoms with Gasteiger partial charge in [0.2, 0.25) is 5.71 Å². The Hall–Kier alpha value is -3.48. The number of para-hydroxylation sites is 1. The fourth-order valence-electron chi connectivity index (χ4n) is 1.35. The lowest BCUT2D eigenvalue weighted by Crippen LogP contribution is -2.22. The van der Waals surface area contributed by atoms with E-state index in [4.69, 9.17) is 16.4 Å². The molecule has 21 heavy (non-hydrogen) atoms. The molecule has 0 aliphatic carbocycles. The van der Waals surface area contributed by atoms with Crippen LogP contribution in [0.15, 0.2) is 23.3 Å². The Balaban J connectivity index is 3.38. The van der Waals surface area contributed by atoms with E-state index in [0.29, 0.717) is 0 Å². The Morgan fingerprint density at radius 2 is 2.29 bits per heavy atom. The van der Waals surface area contributed by atoms with Crippen LogP contribution in [0.2, 0.25) is 0 Å². The monoisotopic (exact) mass is 290 g/mol. The second kappa shape index (κ2) is 6.62. The fraction of sp³-hybridized carbons (Fsp3) is 0.0909. The number of nitriles is 1. The number of nitro benzene ring substituents is 1. The zero-order chi connectivity index (χ0) is 16.0. The van der Waals surface area contributed by atoms with Gasteiger partial charge in [0, 0.05) is 6.07 Å². The molecule has 0 heterocycles. The summed E-state index contributed by atoms with van der Waals surface area (Å²) in [7, 11) is 1.12. The lowest BCUT2D eigenvalue weighted by atomic mass is 10.1. The normalized spacial score (nSPS) is 10.4. The Labute approximate surface area is 118 Å². The van der Waals surface area contributed by atoms with E-state index in [0.717, 1.165) is 13.2 Å². The van der Waals surface area contributed by atoms with Crippen molar-refractivity contribution in [2.24, 2.45) is 10.8 Å². The number of esters is 1. The summed E-state index contributed by atoms with van der Waals surface area (Å²) in [4.78, 5) is 21.8. The number of anilines is 1. The zero-order valence-electron chi connectivity index (χ0n) is 10.8. The predicted molar refractivity (Wildman–Crippen MR) is 73.0 cm³/mol. The fourth-order valence-corrected chi connectivity index (χ4v) is 1.35. The van der Waals surface area contributed by atoms with Crippen molar-refractivity contribution >= 4 is 28.9 Å². The molecule has 0 atom stereocenters. The second-order valence-electron chi connectivity index (χ2n) is 3.55. The van der Waals surface area contributed by atoms with Crippen molar-refractivity contribution < 1.29 is 14.5 Å². The molecule has 0 aliphatic rings. The standard InChI is InChI=1S/C11H10N6O4/c1-21-11(18)6-3-2-4-8(17(19)20)9(6)16-15-7(5-12)10(13)14/h2-4,16H,1H3,(H3,13,14)/b15-7+. The molecule has 0 unspecified atom stereocenters. The first-order valence-electron chi connectivity index (χ1n) is 5.36. The van der Waals surface area contributed by atoms with Gasteiger partial charge in [0.05, 0.1) is 17.6 Å². The number of carbonyl (C=O) groups is 1. The number of nitrogens with two attached hydrogens (primary N) is 1. The lowest BCUT2D eigenvalue weighted by Gasteiger charge is -2.07. The van der Waals surface area contributed by atoms with Gasteiger partial charge < -0.3 is 10.5 Å². The SMILES string of the molecule is COC(=O)c1cccc([N+](=O)[O-])c1N/N=C(\C#N)C(=N)N. The molecule has 0 aromatic heterocycles. The zero-order valence-corrected chi connectivity index (χ0v) is 10.8. The van der Waals surface area contributed by atoms with Gasteiger partial charge in [-0.05, 0) is 6.07 Å². The van der Waals surface area contributed by atoms with Gasteiger partial charge in [-0.2, -0.15) is 10.4 Å². The summed E-state index contributed by atoms with van der Waals surface area (Å²) in [5, 5.41) is 30.2. The number of nitrogens with zero attached hydrogens (tertiary/aromatic N) is 3. The third-order valence-electron chi connectivity index (χ3n) is 2.28. The average molecular weight is 290 g/mol. The van der Waals surface area contributed by atoms with Crippen LogP contribution in [-0.2, 0) is 4.74 Å². The van der Waals surface area contributed by atoms with E-state index in [9.17, 15) is 14.9 Å². The van der Waals surface area contributed by atoms with E-state index in [2.05, 4.69) is 15.3 Å². The number of rotatable bonds is 5. The minimum atomic E-state index is -0.822. The summed E-state index contributed by atoms with van der Waals surface area (Å²) in [5.41, 5.74) is 5.98. The first-order chi connectivity index (χ1) is 9.92. The molecule has 4 N–H and O–H groups in total. The lowest BCUT2D eigenvalue weighted by molar-refractivity contribution is -0.384. The van der Waals surface area contributed by atoms with Crippen molar-refractivity contribution in [3.05, 3.63) is 33.9 Å². The van der Waals surface area contributed by atoms with E-state index in [1.54, 1.807) is 0 Å². The summed E-state index contributed by atoms with van der Waals surface area (Å²) in [6.45, 7) is 0. The van der Waals surface area contributed by atoms with Gasteiger partial charge in [0.25, 0.3) is 5.69 Å². The molecular weight excluding hydrogens is 280 g/mol. The molecular formula is C11H10N6O4. The molecule has 1 aromatic rings. The van der Waals surface area contributed by atoms with Gasteiger partial charge in [0.1, 0.15) is 11.8 Å². The number of hydrogen-bond acceptors (Lipinski definition) is 8. The highest BCUT2D eigenvalue weighted by molar-refractivity contribution is 6.45. The number of ether oxygens (including phenoxy) is 1. The van der Waals surface area contributed by atoms with Crippen LogP contribution in [0.5, 0.6) is 0 Å². The van der Waals surface area contributed by atoms with Gasteiger partial charge in [-0.1, -0.05) is 6.07 Å². The smallest absolute Gasteiger partial charge is 0.340 e. The Bertz CT molecular complexity index is 676. The minimum absolute atomic E-state index is 0.142. The van der Waals surface area contributed by atoms with Crippen molar-refractivity contribution in [1.82, 2.24) is 0 Å². The number of carbonyl (C=O) groups excluding carboxylic acids is 1. The van der Waals surface area contributed by atoms with Crippen LogP contribution in [-0.4, -0.2) is 29.5 Å². The van der Waals surface area contributed by atoms with E-state index < -0.39 is 28.1 Å². The molecule has 1 rings (SSSR count). The van der Waals surface area contributed by atoms with Crippen LogP contribution in [0.3, 0.4) is 0 Å². The largest absolute Gasteiger partial charge is 0.465 e. The molecule has 0 aliphatic heterocycles. The number of nitrogens with one attached hydrogen (secondary N) is 2. The molecule has 0 saturated heterocycles. The molecule has 108 valence electrons. The topological polar surface area (TPSA) is 167 Å². The first kappa shape index (κ1) is 15.6. The molecule has 0 spiro atoms. The van der Waals surface area contributed by atoms with E-state index >= 15 is 0 Å². The van der Waals surface area contributed by atoms with Gasteiger partial charge in [0.15, 0.2) is 5.84 Å². The minimum Gasteiger partial charge on any atom is -0.465 e.